The molecule has 2 rings (SSSR count). The molecule has 0 saturated carbocycles. The number of aliphatic imine (C=N–C) groups is 1. The highest BCUT2D eigenvalue weighted by Gasteiger charge is 2.32. The molecule has 0 bridgehead atoms. The van der Waals surface area contributed by atoms with Gasteiger partial charge in [-0.1, -0.05) is 12.1 Å². The van der Waals surface area contributed by atoms with E-state index < -0.39 is 17.8 Å². The summed E-state index contributed by atoms with van der Waals surface area (Å²) in [6, 6.07) is 5.17. The molecule has 1 amide bonds. The molecule has 1 aliphatic heterocycles. The first-order valence-corrected chi connectivity index (χ1v) is 8.93. The molecule has 1 aromatic carbocycles. The predicted molar refractivity (Wildman–Crippen MR) is 112 cm³/mol. The first kappa shape index (κ1) is 24.5. The van der Waals surface area contributed by atoms with Crippen molar-refractivity contribution in [3.63, 3.8) is 0 Å². The molecule has 0 spiro atoms. The Morgan fingerprint density at radius 1 is 1.29 bits per heavy atom. The van der Waals surface area contributed by atoms with Crippen LogP contribution in [0.3, 0.4) is 0 Å². The zero-order chi connectivity index (χ0) is 19.9. The number of carbonyl (C=O) groups is 1. The van der Waals surface area contributed by atoms with Crippen LogP contribution in [0.4, 0.5) is 13.2 Å². The third kappa shape index (κ3) is 7.12. The standard InChI is InChI=1S/C18H25F3N4O2.HI/c1-3-22-16(26)11-24-17(23-4-2)25-8-9-27-15(12-25)13-6-5-7-14(10-13)18(19,20)21;/h5-7,10,15H,3-4,8-9,11-12H2,1-2H3,(H,22,26)(H,23,24);1H. The Kier molecular flexibility index (Phi) is 10.0. The first-order chi connectivity index (χ1) is 12.8. The molecule has 0 aromatic heterocycles. The molecule has 0 radical (unpaired) electrons. The van der Waals surface area contributed by atoms with Gasteiger partial charge in [-0.05, 0) is 31.5 Å². The minimum absolute atomic E-state index is 0. The Morgan fingerprint density at radius 3 is 2.64 bits per heavy atom. The number of benzene rings is 1. The van der Waals surface area contributed by atoms with E-state index >= 15 is 0 Å². The molecule has 1 aromatic rings. The second-order valence-electron chi connectivity index (χ2n) is 6.05. The van der Waals surface area contributed by atoms with Gasteiger partial charge in [0.1, 0.15) is 12.6 Å². The molecule has 1 saturated heterocycles. The molecular formula is C18H26F3IN4O2. The fraction of sp³-hybridized carbons (Fsp3) is 0.556. The molecular weight excluding hydrogens is 488 g/mol. The van der Waals surface area contributed by atoms with Gasteiger partial charge in [0, 0.05) is 19.6 Å². The summed E-state index contributed by atoms with van der Waals surface area (Å²) in [5.41, 5.74) is -0.230. The topological polar surface area (TPSA) is 66.0 Å². The number of ether oxygens (including phenoxy) is 1. The van der Waals surface area contributed by atoms with Gasteiger partial charge < -0.3 is 20.3 Å². The first-order valence-electron chi connectivity index (χ1n) is 8.93. The van der Waals surface area contributed by atoms with Crippen molar-refractivity contribution in [2.45, 2.75) is 26.1 Å². The number of rotatable bonds is 5. The van der Waals surface area contributed by atoms with Crippen LogP contribution < -0.4 is 10.6 Å². The monoisotopic (exact) mass is 514 g/mol. The number of carbonyl (C=O) groups excluding carboxylic acids is 1. The Morgan fingerprint density at radius 2 is 2.00 bits per heavy atom. The van der Waals surface area contributed by atoms with Crippen molar-refractivity contribution in [3.05, 3.63) is 35.4 Å². The lowest BCUT2D eigenvalue weighted by Gasteiger charge is -2.35. The van der Waals surface area contributed by atoms with Gasteiger partial charge in [0.2, 0.25) is 5.91 Å². The Balaban J connectivity index is 0.00000392. The van der Waals surface area contributed by atoms with Crippen molar-refractivity contribution in [1.82, 2.24) is 15.5 Å². The molecule has 1 unspecified atom stereocenters. The van der Waals surface area contributed by atoms with Crippen LogP contribution >= 0.6 is 24.0 Å². The van der Waals surface area contributed by atoms with Gasteiger partial charge in [-0.15, -0.1) is 24.0 Å². The lowest BCUT2D eigenvalue weighted by Crippen LogP contribution is -2.48. The minimum atomic E-state index is -4.40. The molecule has 1 aliphatic rings. The van der Waals surface area contributed by atoms with Crippen LogP contribution in [-0.2, 0) is 15.7 Å². The number of amides is 1. The van der Waals surface area contributed by atoms with E-state index in [1.54, 1.807) is 6.07 Å². The van der Waals surface area contributed by atoms with E-state index in [0.717, 1.165) is 12.1 Å². The zero-order valence-electron chi connectivity index (χ0n) is 15.9. The highest BCUT2D eigenvalue weighted by Crippen LogP contribution is 2.32. The van der Waals surface area contributed by atoms with E-state index in [0.29, 0.717) is 44.3 Å². The van der Waals surface area contributed by atoms with Crippen molar-refractivity contribution >= 4 is 35.8 Å². The summed E-state index contributed by atoms with van der Waals surface area (Å²) in [7, 11) is 0. The number of nitrogens with zero attached hydrogens (tertiary/aromatic N) is 2. The highest BCUT2D eigenvalue weighted by molar-refractivity contribution is 14.0. The number of morpholine rings is 1. The fourth-order valence-corrected chi connectivity index (χ4v) is 2.78. The lowest BCUT2D eigenvalue weighted by molar-refractivity contribution is -0.137. The molecule has 28 heavy (non-hydrogen) atoms. The Labute approximate surface area is 179 Å². The molecule has 6 nitrogen and oxygen atoms in total. The van der Waals surface area contributed by atoms with Crippen LogP contribution in [0.2, 0.25) is 0 Å². The fourth-order valence-electron chi connectivity index (χ4n) is 2.78. The van der Waals surface area contributed by atoms with Crippen molar-refractivity contribution in [2.24, 2.45) is 4.99 Å². The maximum Gasteiger partial charge on any atom is 0.416 e. The van der Waals surface area contributed by atoms with Crippen LogP contribution in [0.5, 0.6) is 0 Å². The lowest BCUT2D eigenvalue weighted by atomic mass is 10.0. The van der Waals surface area contributed by atoms with Gasteiger partial charge in [-0.3, -0.25) is 4.79 Å². The minimum Gasteiger partial charge on any atom is -0.370 e. The van der Waals surface area contributed by atoms with E-state index in [2.05, 4.69) is 15.6 Å². The van der Waals surface area contributed by atoms with Gasteiger partial charge in [0.25, 0.3) is 0 Å². The Bertz CT molecular complexity index is 670. The smallest absolute Gasteiger partial charge is 0.370 e. The van der Waals surface area contributed by atoms with E-state index in [4.69, 9.17) is 4.74 Å². The summed E-state index contributed by atoms with van der Waals surface area (Å²) in [4.78, 5) is 17.9. The second-order valence-corrected chi connectivity index (χ2v) is 6.05. The Hall–Kier alpha value is -1.56. The quantitative estimate of drug-likeness (QED) is 0.361. The summed E-state index contributed by atoms with van der Waals surface area (Å²) in [5, 5.41) is 5.80. The average molecular weight is 514 g/mol. The average Bonchev–Trinajstić information content (AvgIpc) is 2.65. The van der Waals surface area contributed by atoms with Gasteiger partial charge >= 0.3 is 6.18 Å². The molecule has 1 atom stereocenters. The second kappa shape index (κ2) is 11.4. The van der Waals surface area contributed by atoms with Crippen molar-refractivity contribution in [2.75, 3.05) is 39.3 Å². The number of hydrogen-bond acceptors (Lipinski definition) is 3. The third-order valence-electron chi connectivity index (χ3n) is 4.03. The SMILES string of the molecule is CCNC(=O)CN=C(NCC)N1CCOC(c2cccc(C(F)(F)F)c2)C1.I. The number of hydrogen-bond donors (Lipinski definition) is 2. The molecule has 10 heteroatoms. The van der Waals surface area contributed by atoms with Gasteiger partial charge in [-0.2, -0.15) is 13.2 Å². The van der Waals surface area contributed by atoms with Crippen LogP contribution in [-0.4, -0.2) is 56.1 Å². The third-order valence-corrected chi connectivity index (χ3v) is 4.03. The van der Waals surface area contributed by atoms with E-state index in [1.807, 2.05) is 18.7 Å². The maximum atomic E-state index is 13.0. The van der Waals surface area contributed by atoms with Crippen LogP contribution in [0.25, 0.3) is 0 Å². The number of likely N-dealkylation sites (N-methyl/N-ethyl adjacent to an activating group) is 1. The molecule has 1 fully saturated rings. The number of guanidine groups is 1. The van der Waals surface area contributed by atoms with E-state index in [-0.39, 0.29) is 36.4 Å². The molecule has 2 N–H and O–H groups in total. The van der Waals surface area contributed by atoms with Gasteiger partial charge in [-0.25, -0.2) is 4.99 Å². The molecule has 1 heterocycles. The summed E-state index contributed by atoms with van der Waals surface area (Å²) >= 11 is 0. The molecule has 0 aliphatic carbocycles. The summed E-state index contributed by atoms with van der Waals surface area (Å²) in [5.74, 6) is 0.361. The van der Waals surface area contributed by atoms with Crippen molar-refractivity contribution < 1.29 is 22.7 Å². The predicted octanol–water partition coefficient (Wildman–Crippen LogP) is 2.80. The van der Waals surface area contributed by atoms with Crippen LogP contribution in [0, 0.1) is 0 Å². The summed E-state index contributed by atoms with van der Waals surface area (Å²) in [6.07, 6.45) is -4.90. The summed E-state index contributed by atoms with van der Waals surface area (Å²) < 4.78 is 44.6. The van der Waals surface area contributed by atoms with Gasteiger partial charge in [0.05, 0.1) is 18.7 Å². The van der Waals surface area contributed by atoms with E-state index in [9.17, 15) is 18.0 Å². The molecule has 158 valence electrons. The maximum absolute atomic E-state index is 13.0. The number of alkyl halides is 3. The van der Waals surface area contributed by atoms with Crippen LogP contribution in [0.1, 0.15) is 31.1 Å². The van der Waals surface area contributed by atoms with Gasteiger partial charge in [0.15, 0.2) is 5.96 Å². The normalized spacial score (nSPS) is 17.7. The number of nitrogens with one attached hydrogen (secondary N) is 2. The number of halogens is 4. The highest BCUT2D eigenvalue weighted by atomic mass is 127. The van der Waals surface area contributed by atoms with E-state index in [1.165, 1.54) is 6.07 Å². The van der Waals surface area contributed by atoms with Crippen LogP contribution in [0.15, 0.2) is 29.3 Å². The van der Waals surface area contributed by atoms with Crippen molar-refractivity contribution in [3.8, 4) is 0 Å². The zero-order valence-corrected chi connectivity index (χ0v) is 18.2. The van der Waals surface area contributed by atoms with Crippen molar-refractivity contribution in [1.29, 1.82) is 0 Å². The summed E-state index contributed by atoms with van der Waals surface area (Å²) in [6.45, 7) is 6.11. The largest absolute Gasteiger partial charge is 0.416 e.